The SMILES string of the molecule is Cc1ccccc1CN1CCC(C(=O)NCc2ccc(F)cc2)CC1. The summed E-state index contributed by atoms with van der Waals surface area (Å²) in [5.74, 6) is -0.0652. The minimum atomic E-state index is -0.254. The molecule has 3 nitrogen and oxygen atoms in total. The van der Waals surface area contributed by atoms with Crippen molar-refractivity contribution in [1.29, 1.82) is 0 Å². The van der Waals surface area contributed by atoms with Gasteiger partial charge < -0.3 is 5.32 Å². The predicted octanol–water partition coefficient (Wildman–Crippen LogP) is 3.66. The van der Waals surface area contributed by atoms with Crippen molar-refractivity contribution in [3.05, 3.63) is 71.0 Å². The summed E-state index contributed by atoms with van der Waals surface area (Å²) in [7, 11) is 0. The highest BCUT2D eigenvalue weighted by Gasteiger charge is 2.24. The molecule has 4 heteroatoms. The van der Waals surface area contributed by atoms with Gasteiger partial charge in [-0.25, -0.2) is 4.39 Å². The Hall–Kier alpha value is -2.20. The number of nitrogens with one attached hydrogen (secondary N) is 1. The summed E-state index contributed by atoms with van der Waals surface area (Å²) in [6.45, 7) is 5.45. The van der Waals surface area contributed by atoms with Gasteiger partial charge in [0, 0.05) is 19.0 Å². The van der Waals surface area contributed by atoms with Crippen LogP contribution in [-0.2, 0) is 17.9 Å². The lowest BCUT2D eigenvalue weighted by molar-refractivity contribution is -0.126. The van der Waals surface area contributed by atoms with Gasteiger partial charge in [-0.2, -0.15) is 0 Å². The van der Waals surface area contributed by atoms with Crippen LogP contribution in [-0.4, -0.2) is 23.9 Å². The Morgan fingerprint density at radius 2 is 1.80 bits per heavy atom. The maximum absolute atomic E-state index is 12.9. The summed E-state index contributed by atoms with van der Waals surface area (Å²) in [5.41, 5.74) is 3.61. The molecule has 2 aromatic carbocycles. The second-order valence-corrected chi connectivity index (χ2v) is 6.82. The third-order valence-corrected chi connectivity index (χ3v) is 4.99. The molecule has 1 aliphatic rings. The van der Waals surface area contributed by atoms with Crippen molar-refractivity contribution in [3.63, 3.8) is 0 Å². The number of rotatable bonds is 5. The first-order valence-electron chi connectivity index (χ1n) is 8.91. The Kier molecular flexibility index (Phi) is 5.82. The van der Waals surface area contributed by atoms with E-state index < -0.39 is 0 Å². The summed E-state index contributed by atoms with van der Waals surface area (Å²) in [6.07, 6.45) is 1.78. The summed E-state index contributed by atoms with van der Waals surface area (Å²) in [4.78, 5) is 14.8. The fourth-order valence-electron chi connectivity index (χ4n) is 3.32. The van der Waals surface area contributed by atoms with Gasteiger partial charge in [-0.05, 0) is 61.7 Å². The molecule has 0 aromatic heterocycles. The molecule has 3 rings (SSSR count). The Morgan fingerprint density at radius 3 is 2.48 bits per heavy atom. The van der Waals surface area contributed by atoms with E-state index in [2.05, 4.69) is 41.4 Å². The van der Waals surface area contributed by atoms with E-state index in [0.717, 1.165) is 38.0 Å². The number of hydrogen-bond donors (Lipinski definition) is 1. The first kappa shape index (κ1) is 17.6. The van der Waals surface area contributed by atoms with E-state index in [-0.39, 0.29) is 17.6 Å². The molecule has 132 valence electrons. The van der Waals surface area contributed by atoms with Crippen LogP contribution in [0.4, 0.5) is 4.39 Å². The van der Waals surface area contributed by atoms with Crippen LogP contribution in [0, 0.1) is 18.7 Å². The Bertz CT molecular complexity index is 706. The van der Waals surface area contributed by atoms with Gasteiger partial charge >= 0.3 is 0 Å². The Labute approximate surface area is 148 Å². The van der Waals surface area contributed by atoms with Crippen LogP contribution in [0.5, 0.6) is 0 Å². The number of nitrogens with zero attached hydrogens (tertiary/aromatic N) is 1. The van der Waals surface area contributed by atoms with Gasteiger partial charge in [0.15, 0.2) is 0 Å². The minimum absolute atomic E-state index is 0.0774. The van der Waals surface area contributed by atoms with Crippen LogP contribution >= 0.6 is 0 Å². The molecule has 0 atom stereocenters. The maximum atomic E-state index is 12.9. The number of halogens is 1. The number of benzene rings is 2. The zero-order valence-corrected chi connectivity index (χ0v) is 14.7. The fraction of sp³-hybridized carbons (Fsp3) is 0.381. The number of carbonyl (C=O) groups excluding carboxylic acids is 1. The molecular formula is C21H25FN2O. The van der Waals surface area contributed by atoms with Gasteiger partial charge in [0.05, 0.1) is 0 Å². The quantitative estimate of drug-likeness (QED) is 0.901. The van der Waals surface area contributed by atoms with E-state index in [4.69, 9.17) is 0 Å². The number of aryl methyl sites for hydroxylation is 1. The lowest BCUT2D eigenvalue weighted by atomic mass is 9.95. The van der Waals surface area contributed by atoms with E-state index in [0.29, 0.717) is 6.54 Å². The number of piperidine rings is 1. The molecule has 1 saturated heterocycles. The van der Waals surface area contributed by atoms with Gasteiger partial charge in [-0.1, -0.05) is 36.4 Å². The highest BCUT2D eigenvalue weighted by Crippen LogP contribution is 2.20. The molecule has 0 saturated carbocycles. The number of likely N-dealkylation sites (tertiary alicyclic amines) is 1. The van der Waals surface area contributed by atoms with Crippen LogP contribution in [0.15, 0.2) is 48.5 Å². The largest absolute Gasteiger partial charge is 0.352 e. The van der Waals surface area contributed by atoms with Crippen molar-refractivity contribution in [2.45, 2.75) is 32.9 Å². The van der Waals surface area contributed by atoms with Crippen molar-refractivity contribution < 1.29 is 9.18 Å². The molecule has 25 heavy (non-hydrogen) atoms. The normalized spacial score (nSPS) is 15.9. The number of carbonyl (C=O) groups is 1. The van der Waals surface area contributed by atoms with Crippen LogP contribution < -0.4 is 5.32 Å². The predicted molar refractivity (Wildman–Crippen MR) is 97.4 cm³/mol. The smallest absolute Gasteiger partial charge is 0.223 e. The average Bonchev–Trinajstić information content (AvgIpc) is 2.63. The number of hydrogen-bond acceptors (Lipinski definition) is 2. The fourth-order valence-corrected chi connectivity index (χ4v) is 3.32. The molecule has 0 bridgehead atoms. The van der Waals surface area contributed by atoms with E-state index in [1.165, 1.54) is 23.3 Å². The van der Waals surface area contributed by atoms with E-state index >= 15 is 0 Å². The van der Waals surface area contributed by atoms with Crippen LogP contribution in [0.2, 0.25) is 0 Å². The summed E-state index contributed by atoms with van der Waals surface area (Å²) in [5, 5.41) is 2.98. The zero-order chi connectivity index (χ0) is 17.6. The average molecular weight is 340 g/mol. The molecular weight excluding hydrogens is 315 g/mol. The maximum Gasteiger partial charge on any atom is 0.223 e. The van der Waals surface area contributed by atoms with Crippen molar-refractivity contribution in [3.8, 4) is 0 Å². The van der Waals surface area contributed by atoms with Gasteiger partial charge in [0.2, 0.25) is 5.91 Å². The van der Waals surface area contributed by atoms with Gasteiger partial charge in [0.25, 0.3) is 0 Å². The molecule has 0 spiro atoms. The molecule has 1 fully saturated rings. The van der Waals surface area contributed by atoms with Crippen LogP contribution in [0.3, 0.4) is 0 Å². The Morgan fingerprint density at radius 1 is 1.12 bits per heavy atom. The Balaban J connectivity index is 1.44. The van der Waals surface area contributed by atoms with Gasteiger partial charge in [-0.15, -0.1) is 0 Å². The second kappa shape index (κ2) is 8.26. The molecule has 1 amide bonds. The van der Waals surface area contributed by atoms with Crippen LogP contribution in [0.25, 0.3) is 0 Å². The summed E-state index contributed by atoms with van der Waals surface area (Å²) >= 11 is 0. The molecule has 0 radical (unpaired) electrons. The highest BCUT2D eigenvalue weighted by atomic mass is 19.1. The summed E-state index contributed by atoms with van der Waals surface area (Å²) < 4.78 is 12.9. The van der Waals surface area contributed by atoms with E-state index in [9.17, 15) is 9.18 Å². The van der Waals surface area contributed by atoms with Crippen molar-refractivity contribution in [1.82, 2.24) is 10.2 Å². The van der Waals surface area contributed by atoms with Crippen molar-refractivity contribution in [2.24, 2.45) is 5.92 Å². The lowest BCUT2D eigenvalue weighted by Crippen LogP contribution is -2.40. The molecule has 0 unspecified atom stereocenters. The molecule has 1 N–H and O–H groups in total. The number of amides is 1. The summed E-state index contributed by atoms with van der Waals surface area (Å²) in [6, 6.07) is 14.7. The van der Waals surface area contributed by atoms with E-state index in [1.54, 1.807) is 12.1 Å². The monoisotopic (exact) mass is 340 g/mol. The standard InChI is InChI=1S/C21H25FN2O/c1-16-4-2-3-5-19(16)15-24-12-10-18(11-13-24)21(25)23-14-17-6-8-20(22)9-7-17/h2-9,18H,10-15H2,1H3,(H,23,25). The van der Waals surface area contributed by atoms with Gasteiger partial charge in [0.1, 0.15) is 5.82 Å². The first-order valence-corrected chi connectivity index (χ1v) is 8.91. The molecule has 1 aliphatic heterocycles. The lowest BCUT2D eigenvalue weighted by Gasteiger charge is -2.31. The minimum Gasteiger partial charge on any atom is -0.352 e. The first-order chi connectivity index (χ1) is 12.1. The van der Waals surface area contributed by atoms with Crippen LogP contribution in [0.1, 0.15) is 29.5 Å². The van der Waals surface area contributed by atoms with E-state index in [1.807, 2.05) is 0 Å². The second-order valence-electron chi connectivity index (χ2n) is 6.82. The van der Waals surface area contributed by atoms with Gasteiger partial charge in [-0.3, -0.25) is 9.69 Å². The van der Waals surface area contributed by atoms with Crippen molar-refractivity contribution >= 4 is 5.91 Å². The third-order valence-electron chi connectivity index (χ3n) is 4.99. The van der Waals surface area contributed by atoms with Crippen molar-refractivity contribution in [2.75, 3.05) is 13.1 Å². The highest BCUT2D eigenvalue weighted by molar-refractivity contribution is 5.78. The third kappa shape index (κ3) is 4.89. The topological polar surface area (TPSA) is 32.3 Å². The molecule has 2 aromatic rings. The zero-order valence-electron chi connectivity index (χ0n) is 14.7. The molecule has 1 heterocycles. The molecule has 0 aliphatic carbocycles.